The lowest BCUT2D eigenvalue weighted by Gasteiger charge is -1.96. The minimum atomic E-state index is -0.665. The summed E-state index contributed by atoms with van der Waals surface area (Å²) < 4.78 is 0. The average molecular weight is 284 g/mol. The molecular weight excluding hydrogens is 272 g/mol. The monoisotopic (exact) mass is 284 g/mol. The van der Waals surface area contributed by atoms with Crippen molar-refractivity contribution in [3.8, 4) is 0 Å². The highest BCUT2D eigenvalue weighted by molar-refractivity contribution is 6.00. The first-order valence-corrected chi connectivity index (χ1v) is 6.20. The SMILES string of the molecule is Cc1[nH]c2ccccc2c1C=NNc1n[nH]c(=O)[nH]c1=O. The lowest BCUT2D eigenvalue weighted by Crippen LogP contribution is -2.25. The zero-order valence-corrected chi connectivity index (χ0v) is 11.1. The van der Waals surface area contributed by atoms with Crippen molar-refractivity contribution in [1.82, 2.24) is 20.2 Å². The molecule has 4 N–H and O–H groups in total. The Morgan fingerprint density at radius 2 is 2.05 bits per heavy atom. The van der Waals surface area contributed by atoms with Gasteiger partial charge in [-0.1, -0.05) is 18.2 Å². The third kappa shape index (κ3) is 2.46. The quantitative estimate of drug-likeness (QED) is 0.418. The summed E-state index contributed by atoms with van der Waals surface area (Å²) in [6, 6.07) is 7.84. The van der Waals surface area contributed by atoms with Crippen LogP contribution in [0.5, 0.6) is 0 Å². The largest absolute Gasteiger partial charge is 0.358 e. The molecule has 3 aromatic rings. The van der Waals surface area contributed by atoms with Crippen molar-refractivity contribution < 1.29 is 0 Å². The zero-order chi connectivity index (χ0) is 14.8. The van der Waals surface area contributed by atoms with Gasteiger partial charge in [0.1, 0.15) is 0 Å². The van der Waals surface area contributed by atoms with Crippen LogP contribution in [0, 0.1) is 6.92 Å². The molecule has 21 heavy (non-hydrogen) atoms. The Balaban J connectivity index is 1.90. The van der Waals surface area contributed by atoms with E-state index in [1.807, 2.05) is 31.2 Å². The topological polar surface area (TPSA) is 119 Å². The van der Waals surface area contributed by atoms with Crippen molar-refractivity contribution >= 4 is 22.9 Å². The van der Waals surface area contributed by atoms with Crippen LogP contribution in [0.2, 0.25) is 0 Å². The Bertz CT molecular complexity index is 933. The summed E-state index contributed by atoms with van der Waals surface area (Å²) in [4.78, 5) is 27.6. The van der Waals surface area contributed by atoms with Gasteiger partial charge in [0, 0.05) is 22.2 Å². The van der Waals surface area contributed by atoms with E-state index < -0.39 is 11.2 Å². The number of rotatable bonds is 3. The molecule has 0 bridgehead atoms. The van der Waals surface area contributed by atoms with Crippen LogP contribution in [-0.2, 0) is 0 Å². The molecule has 0 saturated carbocycles. The smallest absolute Gasteiger partial charge is 0.342 e. The molecule has 0 saturated heterocycles. The highest BCUT2D eigenvalue weighted by atomic mass is 16.2. The van der Waals surface area contributed by atoms with E-state index in [0.717, 1.165) is 22.2 Å². The molecular formula is C13H12N6O2. The minimum absolute atomic E-state index is 0.0802. The van der Waals surface area contributed by atoms with E-state index in [1.54, 1.807) is 6.21 Å². The van der Waals surface area contributed by atoms with Gasteiger partial charge in [-0.2, -0.15) is 5.10 Å². The number of anilines is 1. The number of nitrogens with zero attached hydrogens (tertiary/aromatic N) is 2. The number of benzene rings is 1. The summed E-state index contributed by atoms with van der Waals surface area (Å²) in [7, 11) is 0. The highest BCUT2D eigenvalue weighted by Gasteiger charge is 2.05. The van der Waals surface area contributed by atoms with Crippen molar-refractivity contribution in [2.24, 2.45) is 5.10 Å². The fraction of sp³-hybridized carbons (Fsp3) is 0.0769. The molecule has 0 aliphatic rings. The summed E-state index contributed by atoms with van der Waals surface area (Å²) in [5, 5.41) is 10.7. The standard InChI is InChI=1S/C13H12N6O2/c1-7-9(8-4-2-3-5-10(8)15-7)6-14-17-11-12(20)16-13(21)19-18-11/h2-6,15H,1H3,(H,17,18)(H2,16,19,20,21). The lowest BCUT2D eigenvalue weighted by molar-refractivity contribution is 0.890. The van der Waals surface area contributed by atoms with Crippen LogP contribution in [0.3, 0.4) is 0 Å². The molecule has 8 heteroatoms. The number of para-hydroxylation sites is 1. The molecule has 106 valence electrons. The molecule has 2 aromatic heterocycles. The second-order valence-corrected chi connectivity index (χ2v) is 4.43. The molecule has 0 fully saturated rings. The van der Waals surface area contributed by atoms with Gasteiger partial charge in [-0.3, -0.25) is 15.2 Å². The summed E-state index contributed by atoms with van der Waals surface area (Å²) in [5.74, 6) is -0.0802. The first kappa shape index (κ1) is 12.9. The van der Waals surface area contributed by atoms with Gasteiger partial charge in [0.2, 0.25) is 5.82 Å². The zero-order valence-electron chi connectivity index (χ0n) is 11.1. The van der Waals surface area contributed by atoms with Gasteiger partial charge in [-0.25, -0.2) is 9.89 Å². The molecule has 0 aliphatic carbocycles. The molecule has 0 radical (unpaired) electrons. The van der Waals surface area contributed by atoms with Crippen LogP contribution in [-0.4, -0.2) is 26.4 Å². The Hall–Kier alpha value is -3.16. The second kappa shape index (κ2) is 5.08. The number of aromatic nitrogens is 4. The van der Waals surface area contributed by atoms with Gasteiger partial charge in [0.05, 0.1) is 6.21 Å². The normalized spacial score (nSPS) is 11.3. The van der Waals surface area contributed by atoms with Crippen molar-refractivity contribution in [3.63, 3.8) is 0 Å². The summed E-state index contributed by atoms with van der Waals surface area (Å²) in [6.07, 6.45) is 1.60. The predicted octanol–water partition coefficient (Wildman–Crippen LogP) is 0.694. The fourth-order valence-electron chi connectivity index (χ4n) is 2.05. The number of hydrogen-bond acceptors (Lipinski definition) is 5. The molecule has 8 nitrogen and oxygen atoms in total. The van der Waals surface area contributed by atoms with E-state index in [-0.39, 0.29) is 5.82 Å². The van der Waals surface area contributed by atoms with Crippen LogP contribution in [0.15, 0.2) is 39.0 Å². The number of fused-ring (bicyclic) bond motifs is 1. The number of nitrogens with one attached hydrogen (secondary N) is 4. The predicted molar refractivity (Wildman–Crippen MR) is 79.7 cm³/mol. The van der Waals surface area contributed by atoms with E-state index in [1.165, 1.54) is 0 Å². The van der Waals surface area contributed by atoms with E-state index in [4.69, 9.17) is 0 Å². The molecule has 2 heterocycles. The third-order valence-electron chi connectivity index (χ3n) is 3.02. The molecule has 3 rings (SSSR count). The van der Waals surface area contributed by atoms with Crippen LogP contribution in [0.4, 0.5) is 5.82 Å². The summed E-state index contributed by atoms with van der Waals surface area (Å²) in [6.45, 7) is 1.94. The highest BCUT2D eigenvalue weighted by Crippen LogP contribution is 2.19. The van der Waals surface area contributed by atoms with Crippen LogP contribution < -0.4 is 16.7 Å². The second-order valence-electron chi connectivity index (χ2n) is 4.43. The maximum atomic E-state index is 11.4. The van der Waals surface area contributed by atoms with Crippen LogP contribution in [0.1, 0.15) is 11.3 Å². The number of H-pyrrole nitrogens is 3. The maximum Gasteiger partial charge on any atom is 0.342 e. The maximum absolute atomic E-state index is 11.4. The molecule has 0 spiro atoms. The first-order chi connectivity index (χ1) is 10.1. The molecule has 0 aliphatic heterocycles. The third-order valence-corrected chi connectivity index (χ3v) is 3.02. The fourth-order valence-corrected chi connectivity index (χ4v) is 2.05. The van der Waals surface area contributed by atoms with Gasteiger partial charge in [0.15, 0.2) is 0 Å². The number of hydrazone groups is 1. The van der Waals surface area contributed by atoms with Crippen molar-refractivity contribution in [2.45, 2.75) is 6.92 Å². The van der Waals surface area contributed by atoms with Crippen molar-refractivity contribution in [1.29, 1.82) is 0 Å². The Morgan fingerprint density at radius 1 is 1.24 bits per heavy atom. The van der Waals surface area contributed by atoms with E-state index >= 15 is 0 Å². The molecule has 0 amide bonds. The average Bonchev–Trinajstić information content (AvgIpc) is 2.77. The summed E-state index contributed by atoms with van der Waals surface area (Å²) >= 11 is 0. The van der Waals surface area contributed by atoms with E-state index in [2.05, 4.69) is 30.7 Å². The van der Waals surface area contributed by atoms with E-state index in [9.17, 15) is 9.59 Å². The minimum Gasteiger partial charge on any atom is -0.358 e. The summed E-state index contributed by atoms with van der Waals surface area (Å²) in [5.41, 5.74) is 4.09. The Labute approximate surface area is 117 Å². The Kier molecular flexibility index (Phi) is 3.11. The lowest BCUT2D eigenvalue weighted by atomic mass is 10.1. The molecule has 0 unspecified atom stereocenters. The van der Waals surface area contributed by atoms with Crippen molar-refractivity contribution in [3.05, 3.63) is 56.4 Å². The van der Waals surface area contributed by atoms with Gasteiger partial charge in [0.25, 0.3) is 5.56 Å². The number of aromatic amines is 3. The number of hydrogen-bond donors (Lipinski definition) is 4. The number of aryl methyl sites for hydroxylation is 1. The van der Waals surface area contributed by atoms with E-state index in [0.29, 0.717) is 0 Å². The van der Waals surface area contributed by atoms with Crippen LogP contribution >= 0.6 is 0 Å². The van der Waals surface area contributed by atoms with Crippen LogP contribution in [0.25, 0.3) is 10.9 Å². The molecule has 0 atom stereocenters. The van der Waals surface area contributed by atoms with Gasteiger partial charge in [-0.15, -0.1) is 5.10 Å². The first-order valence-electron chi connectivity index (χ1n) is 6.20. The van der Waals surface area contributed by atoms with Crippen molar-refractivity contribution in [2.75, 3.05) is 5.43 Å². The Morgan fingerprint density at radius 3 is 2.86 bits per heavy atom. The van der Waals surface area contributed by atoms with Gasteiger partial charge < -0.3 is 4.98 Å². The van der Waals surface area contributed by atoms with Gasteiger partial charge in [-0.05, 0) is 13.0 Å². The molecule has 1 aromatic carbocycles. The van der Waals surface area contributed by atoms with Gasteiger partial charge >= 0.3 is 5.69 Å².